The number of nitrogens with one attached hydrogen (secondary N) is 2. The zero-order chi connectivity index (χ0) is 30.9. The van der Waals surface area contributed by atoms with Crippen LogP contribution in [0.2, 0.25) is 0 Å². The lowest BCUT2D eigenvalue weighted by atomic mass is 9.93. The van der Waals surface area contributed by atoms with Crippen molar-refractivity contribution >= 4 is 51.9 Å². The van der Waals surface area contributed by atoms with E-state index in [1.54, 1.807) is 48.8 Å². The molecule has 2 saturated heterocycles. The lowest BCUT2D eigenvalue weighted by molar-refractivity contribution is -0.137. The van der Waals surface area contributed by atoms with Gasteiger partial charge in [0.05, 0.1) is 17.4 Å². The number of hydrogen-bond acceptors (Lipinski definition) is 7. The molecule has 3 aromatic heterocycles. The number of likely N-dealkylation sites (tertiary alicyclic amines) is 1. The molecule has 0 bridgehead atoms. The van der Waals surface area contributed by atoms with Crippen molar-refractivity contribution in [3.05, 3.63) is 78.1 Å². The molecule has 3 aliphatic heterocycles. The van der Waals surface area contributed by atoms with E-state index >= 15 is 0 Å². The van der Waals surface area contributed by atoms with Gasteiger partial charge in [0.1, 0.15) is 11.4 Å². The highest BCUT2D eigenvalue weighted by Crippen LogP contribution is 2.37. The van der Waals surface area contributed by atoms with Crippen LogP contribution >= 0.6 is 0 Å². The summed E-state index contributed by atoms with van der Waals surface area (Å²) in [4.78, 5) is 52.1. The van der Waals surface area contributed by atoms with E-state index < -0.39 is 6.03 Å². The summed E-state index contributed by atoms with van der Waals surface area (Å²) in [5.41, 5.74) is 4.06. The third-order valence-electron chi connectivity index (χ3n) is 8.85. The van der Waals surface area contributed by atoms with Crippen molar-refractivity contribution in [2.24, 2.45) is 13.0 Å². The normalized spacial score (nSPS) is 17.8. The molecule has 0 saturated carbocycles. The number of piperidine rings is 2. The number of fused-ring (bicyclic) bond motifs is 2. The fourth-order valence-corrected chi connectivity index (χ4v) is 6.57. The van der Waals surface area contributed by atoms with Crippen LogP contribution in [0.4, 0.5) is 21.9 Å². The van der Waals surface area contributed by atoms with Gasteiger partial charge in [0.15, 0.2) is 5.76 Å². The van der Waals surface area contributed by atoms with Crippen LogP contribution in [0.5, 0.6) is 5.75 Å². The summed E-state index contributed by atoms with van der Waals surface area (Å²) in [6.45, 7) is 3.32. The first-order chi connectivity index (χ1) is 21.9. The molecule has 4 aromatic rings. The summed E-state index contributed by atoms with van der Waals surface area (Å²) < 4.78 is 7.96. The van der Waals surface area contributed by atoms with E-state index in [-0.39, 0.29) is 17.5 Å². The first-order valence-electron chi connectivity index (χ1n) is 15.5. The molecule has 2 fully saturated rings. The topological polar surface area (TPSA) is 122 Å². The van der Waals surface area contributed by atoms with Crippen LogP contribution < -0.4 is 20.3 Å². The average Bonchev–Trinajstić information content (AvgIpc) is 3.56. The van der Waals surface area contributed by atoms with Gasteiger partial charge in [-0.05, 0) is 74.6 Å². The zero-order valence-corrected chi connectivity index (χ0v) is 25.2. The number of aryl methyl sites for hydroxylation is 1. The molecular formula is C34H35N7O4. The summed E-state index contributed by atoms with van der Waals surface area (Å²) in [6, 6.07) is 10.0. The number of anilines is 3. The lowest BCUT2D eigenvalue weighted by Crippen LogP contribution is -2.44. The van der Waals surface area contributed by atoms with Crippen LogP contribution in [0.1, 0.15) is 48.0 Å². The molecule has 0 spiro atoms. The summed E-state index contributed by atoms with van der Waals surface area (Å²) in [5.74, 6) is 0.751. The van der Waals surface area contributed by atoms with E-state index in [1.807, 2.05) is 30.1 Å². The molecule has 3 aliphatic rings. The minimum atomic E-state index is -0.444. The molecule has 45 heavy (non-hydrogen) atoms. The zero-order valence-electron chi connectivity index (χ0n) is 25.2. The van der Waals surface area contributed by atoms with Crippen molar-refractivity contribution in [2.45, 2.75) is 32.1 Å². The number of allylic oxidation sites excluding steroid dienone is 1. The Bertz CT molecular complexity index is 1800. The number of benzene rings is 1. The van der Waals surface area contributed by atoms with Gasteiger partial charge < -0.3 is 29.7 Å². The fourth-order valence-electron chi connectivity index (χ4n) is 6.57. The number of hydrogen-bond donors (Lipinski definition) is 2. The number of ether oxygens (including phenoxy) is 1. The van der Waals surface area contributed by atoms with Gasteiger partial charge in [-0.25, -0.2) is 9.78 Å². The molecule has 0 aliphatic carbocycles. The Kier molecular flexibility index (Phi) is 7.66. The molecule has 0 atom stereocenters. The van der Waals surface area contributed by atoms with Crippen molar-refractivity contribution in [1.29, 1.82) is 0 Å². The Labute approximate surface area is 260 Å². The number of carbonyl (C=O) groups excluding carboxylic acids is 3. The van der Waals surface area contributed by atoms with Gasteiger partial charge in [0, 0.05) is 80.1 Å². The van der Waals surface area contributed by atoms with E-state index in [0.29, 0.717) is 28.6 Å². The first-order valence-corrected chi connectivity index (χ1v) is 15.5. The van der Waals surface area contributed by atoms with E-state index in [9.17, 15) is 14.4 Å². The van der Waals surface area contributed by atoms with Crippen LogP contribution in [0, 0.1) is 5.92 Å². The van der Waals surface area contributed by atoms with Crippen molar-refractivity contribution in [3.8, 4) is 5.75 Å². The predicted molar refractivity (Wildman–Crippen MR) is 172 cm³/mol. The fraction of sp³-hybridized carbons (Fsp3) is 0.324. The molecule has 0 unspecified atom stereocenters. The molecule has 1 aromatic carbocycles. The second-order valence-corrected chi connectivity index (χ2v) is 11.8. The van der Waals surface area contributed by atoms with Crippen LogP contribution in [-0.2, 0) is 11.8 Å². The van der Waals surface area contributed by atoms with Crippen LogP contribution in [0.3, 0.4) is 0 Å². The maximum absolute atomic E-state index is 13.5. The van der Waals surface area contributed by atoms with Crippen molar-refractivity contribution in [2.75, 3.05) is 41.7 Å². The third kappa shape index (κ3) is 5.73. The Morgan fingerprint density at radius 3 is 2.56 bits per heavy atom. The van der Waals surface area contributed by atoms with Gasteiger partial charge in [0.25, 0.3) is 0 Å². The minimum absolute atomic E-state index is 0.0675. The molecule has 3 amide bonds. The molecule has 11 nitrogen and oxygen atoms in total. The highest BCUT2D eigenvalue weighted by Gasteiger charge is 2.31. The Morgan fingerprint density at radius 2 is 1.78 bits per heavy atom. The van der Waals surface area contributed by atoms with Gasteiger partial charge in [-0.2, -0.15) is 0 Å². The van der Waals surface area contributed by atoms with Gasteiger partial charge in [0.2, 0.25) is 11.7 Å². The minimum Gasteiger partial charge on any atom is -0.452 e. The summed E-state index contributed by atoms with van der Waals surface area (Å²) >= 11 is 0. The molecule has 0 radical (unpaired) electrons. The molecular weight excluding hydrogens is 570 g/mol. The Balaban J connectivity index is 1.09. The number of rotatable bonds is 5. The Hall–Kier alpha value is -5.19. The molecule has 6 heterocycles. The maximum Gasteiger partial charge on any atom is 0.323 e. The second kappa shape index (κ2) is 12.1. The number of ketones is 1. The van der Waals surface area contributed by atoms with Gasteiger partial charge >= 0.3 is 6.03 Å². The smallest absolute Gasteiger partial charge is 0.323 e. The maximum atomic E-state index is 13.5. The Morgan fingerprint density at radius 1 is 0.978 bits per heavy atom. The van der Waals surface area contributed by atoms with Crippen LogP contribution in [-0.4, -0.2) is 63.3 Å². The van der Waals surface area contributed by atoms with E-state index in [0.717, 1.165) is 74.1 Å². The SMILES string of the molecule is Cn1cc(C=C2Oc3ccc(NC(=O)Nc4cccnc4)cc3C2=O)c2c(N3CCC(C(=O)N4CCCCC4)CC3)ccnc21. The van der Waals surface area contributed by atoms with E-state index in [1.165, 1.54) is 6.42 Å². The highest BCUT2D eigenvalue weighted by molar-refractivity contribution is 6.16. The first kappa shape index (κ1) is 28.6. The number of nitrogens with zero attached hydrogens (tertiary/aromatic N) is 5. The predicted octanol–water partition coefficient (Wildman–Crippen LogP) is 5.46. The summed E-state index contributed by atoms with van der Waals surface area (Å²) in [5, 5.41) is 6.41. The molecule has 11 heteroatoms. The molecule has 230 valence electrons. The number of pyridine rings is 2. The van der Waals surface area contributed by atoms with Crippen LogP contribution in [0.25, 0.3) is 17.1 Å². The monoisotopic (exact) mass is 605 g/mol. The van der Waals surface area contributed by atoms with Crippen molar-refractivity contribution in [1.82, 2.24) is 19.4 Å². The lowest BCUT2D eigenvalue weighted by Gasteiger charge is -2.36. The van der Waals surface area contributed by atoms with Crippen molar-refractivity contribution < 1.29 is 19.1 Å². The van der Waals surface area contributed by atoms with Gasteiger partial charge in [-0.15, -0.1) is 0 Å². The third-order valence-corrected chi connectivity index (χ3v) is 8.85. The number of urea groups is 1. The number of amides is 3. The van der Waals surface area contributed by atoms with Gasteiger partial charge in [-0.1, -0.05) is 0 Å². The molecule has 7 rings (SSSR count). The largest absolute Gasteiger partial charge is 0.452 e. The van der Waals surface area contributed by atoms with E-state index in [2.05, 4.69) is 30.4 Å². The average molecular weight is 606 g/mol. The van der Waals surface area contributed by atoms with Crippen molar-refractivity contribution in [3.63, 3.8) is 0 Å². The van der Waals surface area contributed by atoms with Gasteiger partial charge in [-0.3, -0.25) is 14.6 Å². The van der Waals surface area contributed by atoms with E-state index in [4.69, 9.17) is 4.74 Å². The second-order valence-electron chi connectivity index (χ2n) is 11.8. The quantitative estimate of drug-likeness (QED) is 0.290. The number of aromatic nitrogens is 3. The number of Topliss-reactive ketones (excluding diaryl/α,β-unsaturated/α-hetero) is 1. The molecule has 2 N–H and O–H groups in total. The highest BCUT2D eigenvalue weighted by atomic mass is 16.5. The number of carbonyl (C=O) groups is 3. The standard InChI is InChI=1S/C34H35N7O4/c1-39-21-23(18-29-31(42)26-19-24(7-8-28(26)45-29)37-34(44)38-25-6-5-12-35-20-25)30-27(9-13-36-32(30)39)40-16-10-22(11-17-40)33(43)41-14-3-2-4-15-41/h5-9,12-13,18-22H,2-4,10-11,14-17H2,1H3,(H2,37,38,44). The van der Waals surface area contributed by atoms with Crippen LogP contribution in [0.15, 0.2) is 66.9 Å². The summed E-state index contributed by atoms with van der Waals surface area (Å²) in [6.07, 6.45) is 13.8. The summed E-state index contributed by atoms with van der Waals surface area (Å²) in [7, 11) is 1.94.